The second-order valence-corrected chi connectivity index (χ2v) is 6.74. The Hall–Kier alpha value is -2.67. The van der Waals surface area contributed by atoms with Crippen LogP contribution in [0.1, 0.15) is 29.1 Å². The number of para-hydroxylation sites is 2. The predicted molar refractivity (Wildman–Crippen MR) is 99.0 cm³/mol. The van der Waals surface area contributed by atoms with Crippen molar-refractivity contribution in [3.63, 3.8) is 0 Å². The van der Waals surface area contributed by atoms with E-state index in [1.807, 2.05) is 45.0 Å². The van der Waals surface area contributed by atoms with Crippen LogP contribution in [0, 0.1) is 6.92 Å². The summed E-state index contributed by atoms with van der Waals surface area (Å²) in [5.41, 5.74) is 1.61. The second-order valence-electron chi connectivity index (χ2n) is 5.74. The summed E-state index contributed by atoms with van der Waals surface area (Å²) in [6.45, 7) is 5.83. The van der Waals surface area contributed by atoms with Gasteiger partial charge in [-0.3, -0.25) is 0 Å². The third-order valence-electron chi connectivity index (χ3n) is 3.60. The number of hydrogen-bond donors (Lipinski definition) is 1. The van der Waals surface area contributed by atoms with Crippen LogP contribution in [0.15, 0.2) is 30.6 Å². The molecule has 2 heterocycles. The lowest BCUT2D eigenvalue weighted by atomic mass is 10.2. The number of carbonyl (C=O) groups excluding carboxylic acids is 1. The molecule has 7 heteroatoms. The van der Waals surface area contributed by atoms with Crippen LogP contribution in [-0.2, 0) is 4.74 Å². The third kappa shape index (κ3) is 3.41. The van der Waals surface area contributed by atoms with Crippen molar-refractivity contribution in [1.29, 1.82) is 0 Å². The molecule has 0 aliphatic carbocycles. The molecule has 0 atom stereocenters. The first-order valence-electron chi connectivity index (χ1n) is 7.86. The third-order valence-corrected chi connectivity index (χ3v) is 4.78. The monoisotopic (exact) mass is 357 g/mol. The Labute approximate surface area is 149 Å². The Kier molecular flexibility index (Phi) is 4.85. The molecule has 0 radical (unpaired) electrons. The molecule has 6 nitrogen and oxygen atoms in total. The summed E-state index contributed by atoms with van der Waals surface area (Å²) in [6, 6.07) is 7.67. The van der Waals surface area contributed by atoms with E-state index in [0.717, 1.165) is 27.2 Å². The van der Waals surface area contributed by atoms with Crippen molar-refractivity contribution in [2.24, 2.45) is 0 Å². The van der Waals surface area contributed by atoms with Gasteiger partial charge in [0.05, 0.1) is 24.3 Å². The topological polar surface area (TPSA) is 73.3 Å². The van der Waals surface area contributed by atoms with Gasteiger partial charge < -0.3 is 14.8 Å². The van der Waals surface area contributed by atoms with Crippen LogP contribution in [0.25, 0.3) is 10.2 Å². The van der Waals surface area contributed by atoms with Gasteiger partial charge in [-0.2, -0.15) is 0 Å². The molecule has 25 heavy (non-hydrogen) atoms. The fraction of sp³-hybridized carbons (Fsp3) is 0.278. The number of methoxy groups -OCH3 is 1. The number of nitrogens with one attached hydrogen (secondary N) is 1. The molecular weight excluding hydrogens is 338 g/mol. The molecule has 0 fully saturated rings. The van der Waals surface area contributed by atoms with Crippen LogP contribution < -0.4 is 10.1 Å². The van der Waals surface area contributed by atoms with Gasteiger partial charge >= 0.3 is 5.97 Å². The number of hydrogen-bond acceptors (Lipinski definition) is 7. The lowest BCUT2D eigenvalue weighted by molar-refractivity contribution is 0.0605. The van der Waals surface area contributed by atoms with Crippen molar-refractivity contribution in [1.82, 2.24) is 9.97 Å². The lowest BCUT2D eigenvalue weighted by Gasteiger charge is -2.15. The molecule has 130 valence electrons. The first-order valence-corrected chi connectivity index (χ1v) is 8.68. The minimum atomic E-state index is -0.366. The zero-order valence-electron chi connectivity index (χ0n) is 14.5. The number of thiophene rings is 1. The first kappa shape index (κ1) is 17.2. The van der Waals surface area contributed by atoms with E-state index < -0.39 is 0 Å². The van der Waals surface area contributed by atoms with E-state index in [-0.39, 0.29) is 12.1 Å². The minimum absolute atomic E-state index is 0.0576. The highest BCUT2D eigenvalue weighted by Crippen LogP contribution is 2.36. The van der Waals surface area contributed by atoms with Gasteiger partial charge in [0.15, 0.2) is 0 Å². The van der Waals surface area contributed by atoms with Gasteiger partial charge in [0.1, 0.15) is 27.6 Å². The highest BCUT2D eigenvalue weighted by atomic mass is 32.1. The summed E-state index contributed by atoms with van der Waals surface area (Å²) in [6.07, 6.45) is 1.54. The van der Waals surface area contributed by atoms with Crippen molar-refractivity contribution in [3.05, 3.63) is 41.0 Å². The molecular formula is C18H19N3O3S. The van der Waals surface area contributed by atoms with Crippen molar-refractivity contribution in [2.45, 2.75) is 26.9 Å². The highest BCUT2D eigenvalue weighted by Gasteiger charge is 2.20. The summed E-state index contributed by atoms with van der Waals surface area (Å²) in [5.74, 6) is 1.01. The molecule has 0 spiro atoms. The van der Waals surface area contributed by atoms with Crippen molar-refractivity contribution < 1.29 is 14.3 Å². The van der Waals surface area contributed by atoms with Gasteiger partial charge in [-0.25, -0.2) is 14.8 Å². The zero-order chi connectivity index (χ0) is 18.0. The predicted octanol–water partition coefficient (Wildman–Crippen LogP) is 4.32. The molecule has 0 aliphatic rings. The molecule has 0 saturated heterocycles. The van der Waals surface area contributed by atoms with Gasteiger partial charge in [0, 0.05) is 0 Å². The van der Waals surface area contributed by atoms with Crippen LogP contribution in [0.5, 0.6) is 5.75 Å². The number of fused-ring (bicyclic) bond motifs is 1. The first-order chi connectivity index (χ1) is 12.0. The maximum atomic E-state index is 11.9. The number of benzene rings is 1. The molecule has 0 saturated carbocycles. The van der Waals surface area contributed by atoms with Crippen LogP contribution in [0.2, 0.25) is 0 Å². The number of aromatic nitrogens is 2. The van der Waals surface area contributed by atoms with Crippen molar-refractivity contribution >= 4 is 39.0 Å². The summed E-state index contributed by atoms with van der Waals surface area (Å²) in [7, 11) is 1.37. The molecule has 3 rings (SSSR count). The molecule has 0 amide bonds. The van der Waals surface area contributed by atoms with Crippen molar-refractivity contribution in [2.75, 3.05) is 12.4 Å². The molecule has 3 aromatic rings. The summed E-state index contributed by atoms with van der Waals surface area (Å²) >= 11 is 1.30. The largest absolute Gasteiger partial charge is 0.489 e. The van der Waals surface area contributed by atoms with E-state index >= 15 is 0 Å². The summed E-state index contributed by atoms with van der Waals surface area (Å²) in [5, 5.41) is 4.12. The average molecular weight is 357 g/mol. The maximum absolute atomic E-state index is 11.9. The van der Waals surface area contributed by atoms with Gasteiger partial charge in [-0.15, -0.1) is 11.3 Å². The lowest BCUT2D eigenvalue weighted by Crippen LogP contribution is -2.07. The summed E-state index contributed by atoms with van der Waals surface area (Å²) < 4.78 is 10.7. The Bertz CT molecular complexity index is 921. The number of ether oxygens (including phenoxy) is 2. The van der Waals surface area contributed by atoms with Gasteiger partial charge in [0.25, 0.3) is 0 Å². The number of aryl methyl sites for hydroxylation is 1. The van der Waals surface area contributed by atoms with E-state index in [1.54, 1.807) is 0 Å². The van der Waals surface area contributed by atoms with Crippen LogP contribution in [0.4, 0.5) is 11.5 Å². The average Bonchev–Trinajstić information content (AvgIpc) is 2.93. The van der Waals surface area contributed by atoms with E-state index in [0.29, 0.717) is 10.7 Å². The minimum Gasteiger partial charge on any atom is -0.489 e. The number of esters is 1. The Balaban J connectivity index is 2.06. The van der Waals surface area contributed by atoms with Crippen molar-refractivity contribution in [3.8, 4) is 5.75 Å². The number of anilines is 2. The highest BCUT2D eigenvalue weighted by molar-refractivity contribution is 7.20. The molecule has 0 aliphatic heterocycles. The zero-order valence-corrected chi connectivity index (χ0v) is 15.3. The standard InChI is InChI=1S/C18H19N3O3S/c1-10(2)24-13-8-6-5-7-12(13)21-16-14-11(3)15(18(22)23-4)25-17(14)20-9-19-16/h5-10H,1-4H3,(H,19,20,21). The van der Waals surface area contributed by atoms with Crippen LogP contribution in [-0.4, -0.2) is 29.2 Å². The van der Waals surface area contributed by atoms with Crippen LogP contribution >= 0.6 is 11.3 Å². The Morgan fingerprint density at radius 1 is 1.24 bits per heavy atom. The van der Waals surface area contributed by atoms with E-state index in [1.165, 1.54) is 24.8 Å². The molecule has 1 aromatic carbocycles. The quantitative estimate of drug-likeness (QED) is 0.686. The number of carbonyl (C=O) groups is 1. The smallest absolute Gasteiger partial charge is 0.348 e. The SMILES string of the molecule is COC(=O)c1sc2ncnc(Nc3ccccc3OC(C)C)c2c1C. The maximum Gasteiger partial charge on any atom is 0.348 e. The van der Waals surface area contributed by atoms with Crippen LogP contribution in [0.3, 0.4) is 0 Å². The Morgan fingerprint density at radius 2 is 2.00 bits per heavy atom. The molecule has 2 aromatic heterocycles. The normalized spacial score (nSPS) is 10.9. The van der Waals surface area contributed by atoms with Gasteiger partial charge in [0.2, 0.25) is 0 Å². The fourth-order valence-electron chi connectivity index (χ4n) is 2.51. The second kappa shape index (κ2) is 7.06. The van der Waals surface area contributed by atoms with Gasteiger partial charge in [-0.1, -0.05) is 12.1 Å². The molecule has 1 N–H and O–H groups in total. The molecule has 0 bridgehead atoms. The van der Waals surface area contributed by atoms with E-state index in [9.17, 15) is 4.79 Å². The van der Waals surface area contributed by atoms with Gasteiger partial charge in [-0.05, 0) is 38.5 Å². The number of nitrogens with zero attached hydrogens (tertiary/aromatic N) is 2. The van der Waals surface area contributed by atoms with E-state index in [2.05, 4.69) is 15.3 Å². The van der Waals surface area contributed by atoms with E-state index in [4.69, 9.17) is 9.47 Å². The Morgan fingerprint density at radius 3 is 2.72 bits per heavy atom. The number of rotatable bonds is 5. The molecule has 0 unspecified atom stereocenters. The fourth-order valence-corrected chi connectivity index (χ4v) is 3.57. The summed E-state index contributed by atoms with van der Waals surface area (Å²) in [4.78, 5) is 21.9.